The predicted octanol–water partition coefficient (Wildman–Crippen LogP) is 1.59. The van der Waals surface area contributed by atoms with E-state index in [4.69, 9.17) is 8.94 Å². The van der Waals surface area contributed by atoms with Crippen LogP contribution in [0.2, 0.25) is 0 Å². The number of hydrogen-bond acceptors (Lipinski definition) is 5. The van der Waals surface area contributed by atoms with Gasteiger partial charge >= 0.3 is 0 Å². The monoisotopic (exact) mass is 235 g/mol. The summed E-state index contributed by atoms with van der Waals surface area (Å²) in [6.07, 6.45) is 1.62. The number of furan rings is 1. The summed E-state index contributed by atoms with van der Waals surface area (Å²) in [7, 11) is 4.00. The summed E-state index contributed by atoms with van der Waals surface area (Å²) < 4.78 is 10.5. The molecule has 0 aliphatic carbocycles. The van der Waals surface area contributed by atoms with Gasteiger partial charge in [-0.3, -0.25) is 4.90 Å². The third-order valence-corrected chi connectivity index (χ3v) is 2.50. The molecule has 0 spiro atoms. The fourth-order valence-electron chi connectivity index (χ4n) is 1.58. The molecule has 17 heavy (non-hydrogen) atoms. The van der Waals surface area contributed by atoms with E-state index in [1.165, 1.54) is 0 Å². The van der Waals surface area contributed by atoms with E-state index in [-0.39, 0.29) is 0 Å². The highest BCUT2D eigenvalue weighted by atomic mass is 16.5. The molecule has 0 aliphatic rings. The summed E-state index contributed by atoms with van der Waals surface area (Å²) in [6, 6.07) is 5.60. The van der Waals surface area contributed by atoms with Crippen molar-refractivity contribution in [3.8, 4) is 11.5 Å². The maximum atomic E-state index is 5.25. The SMILES string of the molecule is CNCCN(C)Cc1cc(-c2ccco2)on1. The van der Waals surface area contributed by atoms with E-state index in [9.17, 15) is 0 Å². The van der Waals surface area contributed by atoms with Crippen molar-refractivity contribution in [3.05, 3.63) is 30.2 Å². The van der Waals surface area contributed by atoms with Crippen molar-refractivity contribution < 1.29 is 8.94 Å². The second-order valence-corrected chi connectivity index (χ2v) is 4.00. The molecule has 0 fully saturated rings. The second kappa shape index (κ2) is 5.65. The van der Waals surface area contributed by atoms with Crippen LogP contribution in [-0.2, 0) is 6.54 Å². The highest BCUT2D eigenvalue weighted by Crippen LogP contribution is 2.20. The predicted molar refractivity (Wildman–Crippen MR) is 64.5 cm³/mol. The molecule has 92 valence electrons. The zero-order valence-electron chi connectivity index (χ0n) is 10.1. The third kappa shape index (κ3) is 3.18. The van der Waals surface area contributed by atoms with Gasteiger partial charge in [0.1, 0.15) is 0 Å². The molecule has 2 rings (SSSR count). The van der Waals surface area contributed by atoms with Crippen LogP contribution in [0, 0.1) is 0 Å². The Balaban J connectivity index is 1.94. The molecule has 0 aliphatic heterocycles. The van der Waals surface area contributed by atoms with Crippen molar-refractivity contribution in [1.82, 2.24) is 15.4 Å². The third-order valence-electron chi connectivity index (χ3n) is 2.50. The second-order valence-electron chi connectivity index (χ2n) is 4.00. The van der Waals surface area contributed by atoms with Crippen LogP contribution in [0.1, 0.15) is 5.69 Å². The van der Waals surface area contributed by atoms with Gasteiger partial charge in [0.2, 0.25) is 5.76 Å². The van der Waals surface area contributed by atoms with E-state index in [0.717, 1.165) is 25.3 Å². The van der Waals surface area contributed by atoms with E-state index in [1.807, 2.05) is 25.2 Å². The molecule has 2 aromatic heterocycles. The van der Waals surface area contributed by atoms with Crippen LogP contribution >= 0.6 is 0 Å². The van der Waals surface area contributed by atoms with Crippen LogP contribution in [0.25, 0.3) is 11.5 Å². The zero-order valence-corrected chi connectivity index (χ0v) is 10.1. The van der Waals surface area contributed by atoms with Crippen LogP contribution in [0.15, 0.2) is 33.4 Å². The smallest absolute Gasteiger partial charge is 0.202 e. The highest BCUT2D eigenvalue weighted by Gasteiger charge is 2.10. The molecule has 0 atom stereocenters. The molecular formula is C12H17N3O2. The summed E-state index contributed by atoms with van der Waals surface area (Å²) in [6.45, 7) is 2.70. The van der Waals surface area contributed by atoms with Gasteiger partial charge in [0.15, 0.2) is 5.76 Å². The molecule has 0 radical (unpaired) electrons. The Kier molecular flexibility index (Phi) is 3.95. The number of likely N-dealkylation sites (N-methyl/N-ethyl adjacent to an activating group) is 2. The summed E-state index contributed by atoms with van der Waals surface area (Å²) >= 11 is 0. The van der Waals surface area contributed by atoms with Gasteiger partial charge in [0.25, 0.3) is 0 Å². The minimum atomic E-state index is 0.673. The van der Waals surface area contributed by atoms with E-state index >= 15 is 0 Å². The Hall–Kier alpha value is -1.59. The normalized spacial score (nSPS) is 11.2. The number of nitrogens with one attached hydrogen (secondary N) is 1. The molecule has 0 saturated carbocycles. The van der Waals surface area contributed by atoms with Crippen molar-refractivity contribution in [2.24, 2.45) is 0 Å². The van der Waals surface area contributed by atoms with Gasteiger partial charge in [-0.2, -0.15) is 0 Å². The lowest BCUT2D eigenvalue weighted by molar-refractivity contribution is 0.312. The number of rotatable bonds is 6. The Morgan fingerprint density at radius 1 is 1.41 bits per heavy atom. The molecule has 0 unspecified atom stereocenters. The molecule has 0 aromatic carbocycles. The lowest BCUT2D eigenvalue weighted by Crippen LogP contribution is -2.27. The van der Waals surface area contributed by atoms with E-state index in [1.54, 1.807) is 6.26 Å². The van der Waals surface area contributed by atoms with Crippen molar-refractivity contribution >= 4 is 0 Å². The summed E-state index contributed by atoms with van der Waals surface area (Å²) in [5, 5.41) is 7.13. The summed E-state index contributed by atoms with van der Waals surface area (Å²) in [4.78, 5) is 2.18. The molecule has 0 amide bonds. The molecule has 5 nitrogen and oxygen atoms in total. The Morgan fingerprint density at radius 3 is 3.00 bits per heavy atom. The van der Waals surface area contributed by atoms with Crippen molar-refractivity contribution in [2.45, 2.75) is 6.54 Å². The largest absolute Gasteiger partial charge is 0.461 e. The molecule has 1 N–H and O–H groups in total. The van der Waals surface area contributed by atoms with Gasteiger partial charge in [-0.05, 0) is 26.2 Å². The molecule has 5 heteroatoms. The van der Waals surface area contributed by atoms with Crippen LogP contribution in [0.5, 0.6) is 0 Å². The first-order valence-electron chi connectivity index (χ1n) is 5.62. The van der Waals surface area contributed by atoms with Gasteiger partial charge in [-0.15, -0.1) is 0 Å². The van der Waals surface area contributed by atoms with Gasteiger partial charge in [0.05, 0.1) is 12.0 Å². The number of hydrogen-bond donors (Lipinski definition) is 1. The van der Waals surface area contributed by atoms with Crippen LogP contribution < -0.4 is 5.32 Å². The van der Waals surface area contributed by atoms with Gasteiger partial charge in [-0.25, -0.2) is 0 Å². The van der Waals surface area contributed by atoms with Crippen LogP contribution in [-0.4, -0.2) is 37.2 Å². The first-order chi connectivity index (χ1) is 8.29. The molecule has 0 bridgehead atoms. The van der Waals surface area contributed by atoms with E-state index in [2.05, 4.69) is 22.4 Å². The van der Waals surface area contributed by atoms with Gasteiger partial charge in [0, 0.05) is 25.7 Å². The first-order valence-corrected chi connectivity index (χ1v) is 5.62. The number of nitrogens with zero attached hydrogens (tertiary/aromatic N) is 2. The Labute approximate surface area is 100 Å². The van der Waals surface area contributed by atoms with Crippen LogP contribution in [0.3, 0.4) is 0 Å². The van der Waals surface area contributed by atoms with Crippen LogP contribution in [0.4, 0.5) is 0 Å². The fourth-order valence-corrected chi connectivity index (χ4v) is 1.58. The average Bonchev–Trinajstić information content (AvgIpc) is 2.95. The molecule has 2 aromatic rings. The summed E-state index contributed by atoms with van der Waals surface area (Å²) in [5.74, 6) is 1.38. The fraction of sp³-hybridized carbons (Fsp3) is 0.417. The Morgan fingerprint density at radius 2 is 2.29 bits per heavy atom. The minimum absolute atomic E-state index is 0.673. The van der Waals surface area contributed by atoms with Gasteiger partial charge in [-0.1, -0.05) is 5.16 Å². The van der Waals surface area contributed by atoms with Crippen molar-refractivity contribution in [2.75, 3.05) is 27.2 Å². The highest BCUT2D eigenvalue weighted by molar-refractivity contribution is 5.49. The standard InChI is InChI=1S/C12H17N3O2/c1-13-5-6-15(2)9-10-8-12(17-14-10)11-4-3-7-16-11/h3-4,7-8,13H,5-6,9H2,1-2H3. The average molecular weight is 235 g/mol. The maximum absolute atomic E-state index is 5.25. The minimum Gasteiger partial charge on any atom is -0.461 e. The number of aromatic nitrogens is 1. The maximum Gasteiger partial charge on any atom is 0.202 e. The van der Waals surface area contributed by atoms with E-state index in [0.29, 0.717) is 11.5 Å². The molecular weight excluding hydrogens is 218 g/mol. The first kappa shape index (κ1) is 11.9. The Bertz CT molecular complexity index is 436. The van der Waals surface area contributed by atoms with Crippen molar-refractivity contribution in [1.29, 1.82) is 0 Å². The molecule has 2 heterocycles. The van der Waals surface area contributed by atoms with Crippen molar-refractivity contribution in [3.63, 3.8) is 0 Å². The lowest BCUT2D eigenvalue weighted by atomic mass is 10.3. The van der Waals surface area contributed by atoms with Gasteiger partial charge < -0.3 is 14.3 Å². The zero-order chi connectivity index (χ0) is 12.1. The lowest BCUT2D eigenvalue weighted by Gasteiger charge is -2.13. The molecule has 0 saturated heterocycles. The quantitative estimate of drug-likeness (QED) is 0.824. The van der Waals surface area contributed by atoms with E-state index < -0.39 is 0 Å². The summed E-state index contributed by atoms with van der Waals surface area (Å²) in [5.41, 5.74) is 0.912. The topological polar surface area (TPSA) is 54.4 Å².